The van der Waals surface area contributed by atoms with Crippen LogP contribution >= 0.6 is 0 Å². The zero-order chi connectivity index (χ0) is 20.8. The molecule has 164 valence electrons. The normalized spacial score (nSPS) is 26.8. The van der Waals surface area contributed by atoms with Crippen LogP contribution in [0.3, 0.4) is 0 Å². The Morgan fingerprint density at radius 3 is 2.48 bits per heavy atom. The van der Waals surface area contributed by atoms with Crippen LogP contribution in [0.2, 0.25) is 0 Å². The zero-order valence-corrected chi connectivity index (χ0v) is 18.8. The molecule has 1 saturated heterocycles. The van der Waals surface area contributed by atoms with Crippen molar-refractivity contribution in [3.05, 3.63) is 23.4 Å². The standard InChI is InChI=1S/C23H40N4O2/c1-5-6-22-24-25-23(29-22)15-19-14-21(17(2)3)20(13-18(19)4)16-27-9-7-26(8-10-27)11-12-28/h13,17,19-21,28H,5-12,14-16H2,1-4H3. The first-order valence-electron chi connectivity index (χ1n) is 11.5. The second-order valence-electron chi connectivity index (χ2n) is 9.32. The topological polar surface area (TPSA) is 65.6 Å². The summed E-state index contributed by atoms with van der Waals surface area (Å²) in [6.45, 7) is 15.8. The SMILES string of the molecule is CCCc1nnc(CC2CC(C(C)C)C(CN3CCN(CCO)CC3)C=C2C)o1. The minimum absolute atomic E-state index is 0.265. The van der Waals surface area contributed by atoms with Gasteiger partial charge in [-0.25, -0.2) is 0 Å². The van der Waals surface area contributed by atoms with E-state index in [1.807, 2.05) is 0 Å². The largest absolute Gasteiger partial charge is 0.425 e. The predicted octanol–water partition coefficient (Wildman–Crippen LogP) is 3.03. The highest BCUT2D eigenvalue weighted by Gasteiger charge is 2.33. The van der Waals surface area contributed by atoms with Crippen molar-refractivity contribution >= 4 is 0 Å². The minimum atomic E-state index is 0.265. The minimum Gasteiger partial charge on any atom is -0.425 e. The van der Waals surface area contributed by atoms with E-state index in [-0.39, 0.29) is 6.61 Å². The Morgan fingerprint density at radius 2 is 1.83 bits per heavy atom. The fraction of sp³-hybridized carbons (Fsp3) is 0.826. The van der Waals surface area contributed by atoms with Crippen LogP contribution in [0.5, 0.6) is 0 Å². The van der Waals surface area contributed by atoms with Crippen LogP contribution in [-0.4, -0.2) is 71.0 Å². The van der Waals surface area contributed by atoms with E-state index in [0.29, 0.717) is 23.7 Å². The molecule has 3 unspecified atom stereocenters. The number of aromatic nitrogens is 2. The second kappa shape index (κ2) is 10.7. The van der Waals surface area contributed by atoms with Gasteiger partial charge in [-0.3, -0.25) is 4.90 Å². The molecule has 2 heterocycles. The third-order valence-electron chi connectivity index (χ3n) is 6.83. The molecule has 0 aromatic carbocycles. The molecule has 29 heavy (non-hydrogen) atoms. The molecule has 1 N–H and O–H groups in total. The van der Waals surface area contributed by atoms with Crippen LogP contribution in [-0.2, 0) is 12.8 Å². The van der Waals surface area contributed by atoms with Crippen LogP contribution in [0.1, 0.15) is 52.3 Å². The Balaban J connectivity index is 1.61. The van der Waals surface area contributed by atoms with Gasteiger partial charge in [0.05, 0.1) is 6.61 Å². The Kier molecular flexibility index (Phi) is 8.27. The van der Waals surface area contributed by atoms with Crippen LogP contribution in [0.15, 0.2) is 16.1 Å². The van der Waals surface area contributed by atoms with Crippen molar-refractivity contribution in [3.63, 3.8) is 0 Å². The smallest absolute Gasteiger partial charge is 0.217 e. The molecule has 6 nitrogen and oxygen atoms in total. The highest BCUT2D eigenvalue weighted by atomic mass is 16.4. The molecule has 2 aliphatic rings. The lowest BCUT2D eigenvalue weighted by molar-refractivity contribution is 0.0887. The lowest BCUT2D eigenvalue weighted by atomic mass is 9.69. The molecule has 1 aliphatic heterocycles. The molecule has 0 bridgehead atoms. The van der Waals surface area contributed by atoms with E-state index < -0.39 is 0 Å². The lowest BCUT2D eigenvalue weighted by Gasteiger charge is -2.41. The molecule has 0 saturated carbocycles. The summed E-state index contributed by atoms with van der Waals surface area (Å²) in [6.07, 6.45) is 6.53. The Labute approximate surface area is 176 Å². The van der Waals surface area contributed by atoms with Gasteiger partial charge in [-0.05, 0) is 43.4 Å². The van der Waals surface area contributed by atoms with Gasteiger partial charge in [-0.15, -0.1) is 10.2 Å². The number of allylic oxidation sites excluding steroid dienone is 1. The summed E-state index contributed by atoms with van der Waals surface area (Å²) in [4.78, 5) is 4.98. The van der Waals surface area contributed by atoms with Gasteiger partial charge in [0, 0.05) is 52.1 Å². The summed E-state index contributed by atoms with van der Waals surface area (Å²) < 4.78 is 5.87. The highest BCUT2D eigenvalue weighted by molar-refractivity contribution is 5.14. The number of aliphatic hydroxyl groups excluding tert-OH is 1. The maximum atomic E-state index is 9.15. The monoisotopic (exact) mass is 404 g/mol. The van der Waals surface area contributed by atoms with E-state index in [1.165, 1.54) is 12.0 Å². The number of aliphatic hydroxyl groups is 1. The second-order valence-corrected chi connectivity index (χ2v) is 9.32. The zero-order valence-electron chi connectivity index (χ0n) is 18.8. The molecule has 1 aliphatic carbocycles. The van der Waals surface area contributed by atoms with Crippen molar-refractivity contribution in [1.29, 1.82) is 0 Å². The van der Waals surface area contributed by atoms with E-state index in [0.717, 1.165) is 70.3 Å². The molecule has 1 fully saturated rings. The number of aryl methyl sites for hydroxylation is 1. The first kappa shape index (κ1) is 22.4. The maximum absolute atomic E-state index is 9.15. The fourth-order valence-corrected chi connectivity index (χ4v) is 5.02. The number of rotatable bonds is 9. The Bertz CT molecular complexity index is 649. The first-order chi connectivity index (χ1) is 14.0. The van der Waals surface area contributed by atoms with Crippen LogP contribution in [0.4, 0.5) is 0 Å². The number of hydrogen-bond donors (Lipinski definition) is 1. The van der Waals surface area contributed by atoms with E-state index in [2.05, 4.69) is 53.8 Å². The number of nitrogens with zero attached hydrogens (tertiary/aromatic N) is 4. The molecular formula is C23H40N4O2. The van der Waals surface area contributed by atoms with Crippen LogP contribution in [0.25, 0.3) is 0 Å². The number of hydrogen-bond acceptors (Lipinski definition) is 6. The third-order valence-corrected chi connectivity index (χ3v) is 6.83. The molecule has 0 radical (unpaired) electrons. The molecule has 0 spiro atoms. The summed E-state index contributed by atoms with van der Waals surface area (Å²) in [5, 5.41) is 17.6. The third kappa shape index (κ3) is 6.12. The maximum Gasteiger partial charge on any atom is 0.217 e. The average Bonchev–Trinajstić information content (AvgIpc) is 3.13. The highest BCUT2D eigenvalue weighted by Crippen LogP contribution is 2.39. The molecule has 3 atom stereocenters. The molecule has 1 aromatic rings. The molecule has 3 rings (SSSR count). The van der Waals surface area contributed by atoms with Crippen molar-refractivity contribution in [3.8, 4) is 0 Å². The summed E-state index contributed by atoms with van der Waals surface area (Å²) in [5.74, 6) is 4.06. The van der Waals surface area contributed by atoms with Gasteiger partial charge in [0.15, 0.2) is 0 Å². The predicted molar refractivity (Wildman–Crippen MR) is 116 cm³/mol. The van der Waals surface area contributed by atoms with Crippen LogP contribution in [0, 0.1) is 23.7 Å². The van der Waals surface area contributed by atoms with Gasteiger partial charge in [0.1, 0.15) is 0 Å². The molecular weight excluding hydrogens is 364 g/mol. The quantitative estimate of drug-likeness (QED) is 0.638. The Hall–Kier alpha value is -1.24. The first-order valence-corrected chi connectivity index (χ1v) is 11.5. The summed E-state index contributed by atoms with van der Waals surface area (Å²) in [6, 6.07) is 0. The van der Waals surface area contributed by atoms with E-state index in [1.54, 1.807) is 0 Å². The van der Waals surface area contributed by atoms with Crippen molar-refractivity contribution < 1.29 is 9.52 Å². The van der Waals surface area contributed by atoms with Crippen LogP contribution < -0.4 is 0 Å². The molecule has 6 heteroatoms. The van der Waals surface area contributed by atoms with Gasteiger partial charge in [-0.1, -0.05) is 32.4 Å². The fourth-order valence-electron chi connectivity index (χ4n) is 5.02. The van der Waals surface area contributed by atoms with Gasteiger partial charge in [0.25, 0.3) is 0 Å². The Morgan fingerprint density at radius 1 is 1.14 bits per heavy atom. The number of piperazine rings is 1. The van der Waals surface area contributed by atoms with Gasteiger partial charge >= 0.3 is 0 Å². The van der Waals surface area contributed by atoms with E-state index in [9.17, 15) is 0 Å². The summed E-state index contributed by atoms with van der Waals surface area (Å²) in [7, 11) is 0. The van der Waals surface area contributed by atoms with Gasteiger partial charge in [0.2, 0.25) is 11.8 Å². The lowest BCUT2D eigenvalue weighted by Crippen LogP contribution is -2.49. The van der Waals surface area contributed by atoms with Gasteiger partial charge in [-0.2, -0.15) is 0 Å². The van der Waals surface area contributed by atoms with Crippen molar-refractivity contribution in [2.45, 2.75) is 53.4 Å². The summed E-state index contributed by atoms with van der Waals surface area (Å²) >= 11 is 0. The average molecular weight is 405 g/mol. The van der Waals surface area contributed by atoms with E-state index >= 15 is 0 Å². The van der Waals surface area contributed by atoms with Crippen molar-refractivity contribution in [2.75, 3.05) is 45.9 Å². The molecule has 1 aromatic heterocycles. The summed E-state index contributed by atoms with van der Waals surface area (Å²) in [5.41, 5.74) is 1.49. The van der Waals surface area contributed by atoms with Crippen molar-refractivity contribution in [2.24, 2.45) is 23.7 Å². The van der Waals surface area contributed by atoms with E-state index in [4.69, 9.17) is 9.52 Å². The molecule has 0 amide bonds. The number of β-amino-alcohol motifs (C(OH)–C–C–N with tert-alkyl or cyclic N) is 1. The van der Waals surface area contributed by atoms with Gasteiger partial charge < -0.3 is 14.4 Å². The van der Waals surface area contributed by atoms with Crippen molar-refractivity contribution in [1.82, 2.24) is 20.0 Å².